The second kappa shape index (κ2) is 6.70. The lowest BCUT2D eigenvalue weighted by molar-refractivity contribution is -0.140. The number of aliphatic hydroxyl groups is 1. The van der Waals surface area contributed by atoms with Crippen molar-refractivity contribution in [2.45, 2.75) is 39.2 Å². The van der Waals surface area contributed by atoms with Crippen LogP contribution in [0.1, 0.15) is 33.1 Å². The maximum atomic E-state index is 11.6. The van der Waals surface area contributed by atoms with Gasteiger partial charge in [-0.05, 0) is 19.8 Å². The van der Waals surface area contributed by atoms with Gasteiger partial charge in [0, 0.05) is 0 Å². The molecular weight excluding hydrogens is 234 g/mol. The number of carbonyl (C=O) groups is 1. The average Bonchev–Trinajstić information content (AvgIpc) is 2.62. The molecule has 1 rings (SSSR count). The zero-order valence-corrected chi connectivity index (χ0v) is 10.6. The second-order valence-electron chi connectivity index (χ2n) is 3.95. The lowest BCUT2D eigenvalue weighted by Crippen LogP contribution is -2.11. The molecule has 0 aliphatic carbocycles. The molecule has 5 nitrogen and oxygen atoms in total. The van der Waals surface area contributed by atoms with Gasteiger partial charge < -0.3 is 14.7 Å². The molecule has 1 heterocycles. The van der Waals surface area contributed by atoms with Crippen molar-refractivity contribution in [3.63, 3.8) is 0 Å². The first-order valence-electron chi connectivity index (χ1n) is 5.86. The molecule has 0 bridgehead atoms. The van der Waals surface area contributed by atoms with Gasteiger partial charge in [-0.1, -0.05) is 24.4 Å². The van der Waals surface area contributed by atoms with Crippen LogP contribution in [0.4, 0.5) is 0 Å². The van der Waals surface area contributed by atoms with Crippen molar-refractivity contribution in [2.24, 2.45) is 5.16 Å². The quantitative estimate of drug-likeness (QED) is 0.257. The van der Waals surface area contributed by atoms with Crippen molar-refractivity contribution in [1.82, 2.24) is 0 Å². The summed E-state index contributed by atoms with van der Waals surface area (Å²) in [7, 11) is 0. The molecule has 0 aromatic carbocycles. The Morgan fingerprint density at radius 1 is 1.67 bits per heavy atom. The van der Waals surface area contributed by atoms with E-state index in [-0.39, 0.29) is 23.7 Å². The van der Waals surface area contributed by atoms with Crippen molar-refractivity contribution < 1.29 is 19.5 Å². The van der Waals surface area contributed by atoms with Gasteiger partial charge in [0.15, 0.2) is 12.7 Å². The van der Waals surface area contributed by atoms with E-state index in [0.717, 1.165) is 12.8 Å². The summed E-state index contributed by atoms with van der Waals surface area (Å²) in [5.74, 6) is 1.61. The molecule has 0 radical (unpaired) electrons. The molecule has 1 unspecified atom stereocenters. The summed E-state index contributed by atoms with van der Waals surface area (Å²) in [5, 5.41) is 13.6. The lowest BCUT2D eigenvalue weighted by Gasteiger charge is -2.08. The molecule has 1 atom stereocenters. The summed E-state index contributed by atoms with van der Waals surface area (Å²) in [4.78, 5) is 16.4. The highest BCUT2D eigenvalue weighted by molar-refractivity contribution is 6.20. The first-order valence-corrected chi connectivity index (χ1v) is 5.86. The third-order valence-corrected chi connectivity index (χ3v) is 2.55. The third-order valence-electron chi connectivity index (χ3n) is 2.55. The van der Waals surface area contributed by atoms with E-state index in [4.69, 9.17) is 16.0 Å². The number of hydrogen-bond acceptors (Lipinski definition) is 5. The van der Waals surface area contributed by atoms with Crippen LogP contribution < -0.4 is 0 Å². The van der Waals surface area contributed by atoms with Gasteiger partial charge in [0.25, 0.3) is 0 Å². The van der Waals surface area contributed by atoms with E-state index in [2.05, 4.69) is 11.1 Å². The number of aliphatic hydroxyl groups excluding tert-OH is 1. The minimum absolute atomic E-state index is 0.0136. The smallest absolute Gasteiger partial charge is 0.344 e. The van der Waals surface area contributed by atoms with Gasteiger partial charge in [-0.25, -0.2) is 4.79 Å². The van der Waals surface area contributed by atoms with Gasteiger partial charge in [-0.3, -0.25) is 0 Å². The predicted octanol–water partition coefficient (Wildman–Crippen LogP) is 1.94. The van der Waals surface area contributed by atoms with Gasteiger partial charge >= 0.3 is 5.97 Å². The van der Waals surface area contributed by atoms with Gasteiger partial charge in [0.1, 0.15) is 11.3 Å². The average molecular weight is 251 g/mol. The maximum absolute atomic E-state index is 11.6. The number of rotatable bonds is 6. The van der Waals surface area contributed by atoms with E-state index in [1.54, 1.807) is 6.92 Å². The van der Waals surface area contributed by atoms with Crippen LogP contribution in [0.25, 0.3) is 0 Å². The second-order valence-corrected chi connectivity index (χ2v) is 3.95. The minimum Gasteiger partial charge on any atom is -0.507 e. The van der Waals surface area contributed by atoms with Gasteiger partial charge in [-0.2, -0.15) is 0 Å². The number of carbonyl (C=O) groups excluding carboxylic acids is 1. The largest absolute Gasteiger partial charge is 0.507 e. The van der Waals surface area contributed by atoms with Crippen molar-refractivity contribution in [3.05, 3.63) is 11.3 Å². The van der Waals surface area contributed by atoms with Crippen LogP contribution in [0.5, 0.6) is 0 Å². The number of ether oxygens (including phenoxy) is 1. The van der Waals surface area contributed by atoms with E-state index in [9.17, 15) is 9.90 Å². The minimum atomic E-state index is -0.570. The molecule has 1 aliphatic rings. The SMILES string of the molecule is C#CCO/N=C(\C)C1=C(O)C(CCCC)OC1=O. The highest BCUT2D eigenvalue weighted by atomic mass is 16.6. The number of cyclic esters (lactones) is 1. The van der Waals surface area contributed by atoms with Crippen molar-refractivity contribution >= 4 is 11.7 Å². The fourth-order valence-electron chi connectivity index (χ4n) is 1.64. The normalized spacial score (nSPS) is 19.7. The van der Waals surface area contributed by atoms with E-state index in [1.807, 2.05) is 6.92 Å². The van der Waals surface area contributed by atoms with Gasteiger partial charge in [0.2, 0.25) is 0 Å². The summed E-state index contributed by atoms with van der Waals surface area (Å²) in [5.41, 5.74) is 0.347. The molecule has 0 amide bonds. The molecule has 98 valence electrons. The van der Waals surface area contributed by atoms with E-state index >= 15 is 0 Å². The third kappa shape index (κ3) is 3.27. The van der Waals surface area contributed by atoms with Crippen LogP contribution in [-0.4, -0.2) is 29.5 Å². The summed E-state index contributed by atoms with van der Waals surface area (Å²) >= 11 is 0. The molecule has 18 heavy (non-hydrogen) atoms. The van der Waals surface area contributed by atoms with Gasteiger partial charge in [-0.15, -0.1) is 6.42 Å². The van der Waals surface area contributed by atoms with Crippen molar-refractivity contribution in [1.29, 1.82) is 0 Å². The molecule has 0 aromatic heterocycles. The Morgan fingerprint density at radius 2 is 2.39 bits per heavy atom. The Bertz CT molecular complexity index is 417. The number of esters is 1. The lowest BCUT2D eigenvalue weighted by atomic mass is 10.1. The molecule has 1 aliphatic heterocycles. The molecule has 0 fully saturated rings. The number of oxime groups is 1. The van der Waals surface area contributed by atoms with Crippen LogP contribution in [0, 0.1) is 12.3 Å². The summed E-state index contributed by atoms with van der Waals surface area (Å²) in [6.45, 7) is 3.60. The molecule has 0 aromatic rings. The van der Waals surface area contributed by atoms with Gasteiger partial charge in [0.05, 0.1) is 5.71 Å². The van der Waals surface area contributed by atoms with E-state index in [1.165, 1.54) is 0 Å². The standard InChI is InChI=1S/C13H17NO4/c1-4-6-7-10-12(15)11(13(16)18-10)9(3)14-17-8-5-2/h2,10,15H,4,6-8H2,1,3H3/b14-9+. The fraction of sp³-hybridized carbons (Fsp3) is 0.538. The van der Waals surface area contributed by atoms with Crippen molar-refractivity contribution in [3.8, 4) is 12.3 Å². The Morgan fingerprint density at radius 3 is 3.00 bits per heavy atom. The molecule has 1 N–H and O–H groups in total. The zero-order chi connectivity index (χ0) is 13.5. The first kappa shape index (κ1) is 14.1. The Kier molecular flexibility index (Phi) is 5.25. The van der Waals surface area contributed by atoms with Crippen molar-refractivity contribution in [2.75, 3.05) is 6.61 Å². The molecule has 0 spiro atoms. The summed E-state index contributed by atoms with van der Waals surface area (Å²) < 4.78 is 5.08. The highest BCUT2D eigenvalue weighted by Gasteiger charge is 2.35. The van der Waals surface area contributed by atoms with E-state index in [0.29, 0.717) is 6.42 Å². The Balaban J connectivity index is 2.78. The van der Waals surface area contributed by atoms with Crippen LogP contribution in [0.15, 0.2) is 16.5 Å². The van der Waals surface area contributed by atoms with Crippen LogP contribution in [-0.2, 0) is 14.4 Å². The zero-order valence-electron chi connectivity index (χ0n) is 10.6. The summed E-state index contributed by atoms with van der Waals surface area (Å²) in [6, 6.07) is 0. The fourth-order valence-corrected chi connectivity index (χ4v) is 1.64. The predicted molar refractivity (Wildman–Crippen MR) is 67.0 cm³/mol. The number of nitrogens with zero attached hydrogens (tertiary/aromatic N) is 1. The van der Waals surface area contributed by atoms with Crippen LogP contribution >= 0.6 is 0 Å². The first-order chi connectivity index (χ1) is 8.61. The number of terminal acetylenes is 1. The number of hydrogen-bond donors (Lipinski definition) is 1. The molecular formula is C13H17NO4. The van der Waals surface area contributed by atoms with Crippen LogP contribution in [0.3, 0.4) is 0 Å². The highest BCUT2D eigenvalue weighted by Crippen LogP contribution is 2.25. The molecule has 0 saturated heterocycles. The number of unbranched alkanes of at least 4 members (excludes halogenated alkanes) is 1. The summed E-state index contributed by atoms with van der Waals surface area (Å²) in [6.07, 6.45) is 6.89. The Hall–Kier alpha value is -1.96. The molecule has 5 heteroatoms. The van der Waals surface area contributed by atoms with Crippen LogP contribution in [0.2, 0.25) is 0 Å². The Labute approximate surface area is 106 Å². The topological polar surface area (TPSA) is 68.1 Å². The molecule has 0 saturated carbocycles. The van der Waals surface area contributed by atoms with E-state index < -0.39 is 12.1 Å². The maximum Gasteiger partial charge on any atom is 0.344 e. The monoisotopic (exact) mass is 251 g/mol.